The summed E-state index contributed by atoms with van der Waals surface area (Å²) in [6.07, 6.45) is 4.84. The van der Waals surface area contributed by atoms with E-state index in [0.29, 0.717) is 12.3 Å². The molecule has 0 radical (unpaired) electrons. The minimum Gasteiger partial charge on any atom is -0.351 e. The first kappa shape index (κ1) is 18.3. The molecule has 0 saturated heterocycles. The summed E-state index contributed by atoms with van der Waals surface area (Å²) in [5.41, 5.74) is 3.75. The van der Waals surface area contributed by atoms with E-state index < -0.39 is 0 Å². The van der Waals surface area contributed by atoms with Crippen LogP contribution in [0, 0.1) is 0 Å². The first-order chi connectivity index (χ1) is 13.2. The molecule has 7 heteroatoms. The SMILES string of the molecule is Cn1c(SCC(=O)NCc2ccccc2)nnc1-c1csc2c1CCCC2. The first-order valence-electron chi connectivity index (χ1n) is 9.15. The van der Waals surface area contributed by atoms with Crippen LogP contribution in [0.2, 0.25) is 0 Å². The number of carbonyl (C=O) groups is 1. The van der Waals surface area contributed by atoms with Gasteiger partial charge in [0.15, 0.2) is 11.0 Å². The van der Waals surface area contributed by atoms with Gasteiger partial charge in [-0.05, 0) is 36.8 Å². The molecule has 140 valence electrons. The molecule has 0 spiro atoms. The lowest BCUT2D eigenvalue weighted by atomic mass is 9.96. The van der Waals surface area contributed by atoms with E-state index in [2.05, 4.69) is 20.9 Å². The molecule has 0 fully saturated rings. The van der Waals surface area contributed by atoms with Crippen molar-refractivity contribution in [1.82, 2.24) is 20.1 Å². The number of hydrogen-bond acceptors (Lipinski definition) is 5. The van der Waals surface area contributed by atoms with Gasteiger partial charge >= 0.3 is 0 Å². The Labute approximate surface area is 167 Å². The number of thioether (sulfide) groups is 1. The highest BCUT2D eigenvalue weighted by Gasteiger charge is 2.21. The van der Waals surface area contributed by atoms with Crippen molar-refractivity contribution in [3.8, 4) is 11.4 Å². The van der Waals surface area contributed by atoms with Crippen molar-refractivity contribution in [2.45, 2.75) is 37.4 Å². The summed E-state index contributed by atoms with van der Waals surface area (Å²) in [5.74, 6) is 1.24. The third-order valence-corrected chi connectivity index (χ3v) is 6.91. The molecule has 0 atom stereocenters. The molecular formula is C20H22N4OS2. The maximum atomic E-state index is 12.1. The molecule has 0 saturated carbocycles. The number of carbonyl (C=O) groups excluding carboxylic acids is 1. The van der Waals surface area contributed by atoms with E-state index in [4.69, 9.17) is 0 Å². The van der Waals surface area contributed by atoms with Crippen LogP contribution in [0.15, 0.2) is 40.9 Å². The monoisotopic (exact) mass is 398 g/mol. The highest BCUT2D eigenvalue weighted by Crippen LogP contribution is 2.36. The highest BCUT2D eigenvalue weighted by atomic mass is 32.2. The fraction of sp³-hybridized carbons (Fsp3) is 0.350. The molecule has 1 aliphatic rings. The number of benzene rings is 1. The fourth-order valence-electron chi connectivity index (χ4n) is 3.33. The van der Waals surface area contributed by atoms with Crippen molar-refractivity contribution in [3.63, 3.8) is 0 Å². The summed E-state index contributed by atoms with van der Waals surface area (Å²) < 4.78 is 2.01. The molecule has 4 rings (SSSR count). The molecule has 27 heavy (non-hydrogen) atoms. The molecule has 0 aliphatic heterocycles. The van der Waals surface area contributed by atoms with E-state index in [1.807, 2.05) is 53.3 Å². The van der Waals surface area contributed by atoms with Crippen molar-refractivity contribution in [3.05, 3.63) is 51.7 Å². The van der Waals surface area contributed by atoms with Crippen LogP contribution in [-0.4, -0.2) is 26.4 Å². The minimum atomic E-state index is 0.00122. The molecule has 1 aromatic carbocycles. The Balaban J connectivity index is 1.38. The number of aromatic nitrogens is 3. The van der Waals surface area contributed by atoms with E-state index in [1.165, 1.54) is 47.0 Å². The van der Waals surface area contributed by atoms with E-state index in [1.54, 1.807) is 0 Å². The number of rotatable bonds is 6. The van der Waals surface area contributed by atoms with E-state index in [9.17, 15) is 4.79 Å². The van der Waals surface area contributed by atoms with Crippen LogP contribution in [-0.2, 0) is 31.2 Å². The lowest BCUT2D eigenvalue weighted by Gasteiger charge is -2.12. The Morgan fingerprint density at radius 2 is 2.04 bits per heavy atom. The highest BCUT2D eigenvalue weighted by molar-refractivity contribution is 7.99. The van der Waals surface area contributed by atoms with Crippen LogP contribution in [0.1, 0.15) is 28.8 Å². The lowest BCUT2D eigenvalue weighted by molar-refractivity contribution is -0.118. The smallest absolute Gasteiger partial charge is 0.230 e. The number of nitrogens with zero attached hydrogens (tertiary/aromatic N) is 3. The van der Waals surface area contributed by atoms with Gasteiger partial charge in [-0.2, -0.15) is 0 Å². The van der Waals surface area contributed by atoms with Gasteiger partial charge < -0.3 is 9.88 Å². The van der Waals surface area contributed by atoms with Crippen LogP contribution < -0.4 is 5.32 Å². The van der Waals surface area contributed by atoms with Gasteiger partial charge in [0.05, 0.1) is 5.75 Å². The van der Waals surface area contributed by atoms with E-state index >= 15 is 0 Å². The van der Waals surface area contributed by atoms with Crippen LogP contribution >= 0.6 is 23.1 Å². The van der Waals surface area contributed by atoms with Crippen molar-refractivity contribution in [2.75, 3.05) is 5.75 Å². The van der Waals surface area contributed by atoms with Crippen molar-refractivity contribution < 1.29 is 4.79 Å². The maximum absolute atomic E-state index is 12.1. The standard InChI is InChI=1S/C20H22N4OS2/c1-24-19(16-12-26-17-10-6-5-9-15(16)17)22-23-20(24)27-13-18(25)21-11-14-7-3-2-4-8-14/h2-4,7-8,12H,5-6,9-11,13H2,1H3,(H,21,25). The Morgan fingerprint density at radius 1 is 1.22 bits per heavy atom. The Hall–Kier alpha value is -2.12. The third-order valence-electron chi connectivity index (χ3n) is 4.80. The predicted octanol–water partition coefficient (Wildman–Crippen LogP) is 3.83. The van der Waals surface area contributed by atoms with Crippen molar-refractivity contribution in [1.29, 1.82) is 0 Å². The second-order valence-corrected chi connectivity index (χ2v) is 8.58. The molecule has 2 heterocycles. The summed E-state index contributed by atoms with van der Waals surface area (Å²) in [7, 11) is 1.98. The number of aryl methyl sites for hydroxylation is 1. The molecule has 2 aromatic heterocycles. The van der Waals surface area contributed by atoms with Gasteiger partial charge in [-0.25, -0.2) is 0 Å². The van der Waals surface area contributed by atoms with Gasteiger partial charge in [0.1, 0.15) is 0 Å². The Morgan fingerprint density at radius 3 is 2.89 bits per heavy atom. The zero-order valence-corrected chi connectivity index (χ0v) is 16.9. The summed E-state index contributed by atoms with van der Waals surface area (Å²) in [6.45, 7) is 0.547. The summed E-state index contributed by atoms with van der Waals surface area (Å²) in [5, 5.41) is 14.6. The van der Waals surface area contributed by atoms with E-state index in [0.717, 1.165) is 23.0 Å². The number of hydrogen-bond donors (Lipinski definition) is 1. The molecular weight excluding hydrogens is 376 g/mol. The van der Waals surface area contributed by atoms with Gasteiger partial charge in [-0.1, -0.05) is 42.1 Å². The van der Waals surface area contributed by atoms with E-state index in [-0.39, 0.29) is 5.91 Å². The van der Waals surface area contributed by atoms with Crippen molar-refractivity contribution >= 4 is 29.0 Å². The third kappa shape index (κ3) is 4.09. The Bertz CT molecular complexity index is 933. The van der Waals surface area contributed by atoms with Gasteiger partial charge in [0.25, 0.3) is 0 Å². The zero-order chi connectivity index (χ0) is 18.6. The van der Waals surface area contributed by atoms with Crippen LogP contribution in [0.5, 0.6) is 0 Å². The van der Waals surface area contributed by atoms with Crippen molar-refractivity contribution in [2.24, 2.45) is 7.05 Å². The second kappa shape index (κ2) is 8.27. The quantitative estimate of drug-likeness (QED) is 0.641. The van der Waals surface area contributed by atoms with Crippen LogP contribution in [0.25, 0.3) is 11.4 Å². The topological polar surface area (TPSA) is 59.8 Å². The summed E-state index contributed by atoms with van der Waals surface area (Å²) in [6, 6.07) is 9.92. The summed E-state index contributed by atoms with van der Waals surface area (Å²) >= 11 is 3.26. The number of fused-ring (bicyclic) bond motifs is 1. The molecule has 1 N–H and O–H groups in total. The number of nitrogens with one attached hydrogen (secondary N) is 1. The molecule has 0 bridgehead atoms. The van der Waals surface area contributed by atoms with Crippen LogP contribution in [0.3, 0.4) is 0 Å². The predicted molar refractivity (Wildman–Crippen MR) is 110 cm³/mol. The average Bonchev–Trinajstić information content (AvgIpc) is 3.29. The molecule has 0 unspecified atom stereocenters. The molecule has 3 aromatic rings. The number of amides is 1. The largest absolute Gasteiger partial charge is 0.351 e. The van der Waals surface area contributed by atoms with Gasteiger partial charge in [-0.3, -0.25) is 4.79 Å². The van der Waals surface area contributed by atoms with Gasteiger partial charge in [-0.15, -0.1) is 21.5 Å². The summed E-state index contributed by atoms with van der Waals surface area (Å²) in [4.78, 5) is 13.6. The fourth-order valence-corrected chi connectivity index (χ4v) is 5.20. The normalized spacial score (nSPS) is 13.4. The Kier molecular flexibility index (Phi) is 5.59. The molecule has 1 amide bonds. The number of thiophene rings is 1. The van der Waals surface area contributed by atoms with Gasteiger partial charge in [0.2, 0.25) is 5.91 Å². The van der Waals surface area contributed by atoms with Crippen LogP contribution in [0.4, 0.5) is 0 Å². The molecule has 5 nitrogen and oxygen atoms in total. The van der Waals surface area contributed by atoms with Gasteiger partial charge in [0, 0.05) is 29.4 Å². The maximum Gasteiger partial charge on any atom is 0.230 e. The lowest BCUT2D eigenvalue weighted by Crippen LogP contribution is -2.24. The second-order valence-electron chi connectivity index (χ2n) is 6.67. The zero-order valence-electron chi connectivity index (χ0n) is 15.3. The molecule has 1 aliphatic carbocycles. The average molecular weight is 399 g/mol. The minimum absolute atomic E-state index is 0.00122. The first-order valence-corrected chi connectivity index (χ1v) is 11.0.